The van der Waals surface area contributed by atoms with Crippen LogP contribution in [0.2, 0.25) is 0 Å². The first-order valence-electron chi connectivity index (χ1n) is 7.41. The first-order valence-corrected chi connectivity index (χ1v) is 7.41. The Bertz CT molecular complexity index is 265. The van der Waals surface area contributed by atoms with Crippen molar-refractivity contribution in [3.63, 3.8) is 0 Å². The number of aliphatic hydroxyl groups is 1. The van der Waals surface area contributed by atoms with Gasteiger partial charge in [0, 0.05) is 19.6 Å². The van der Waals surface area contributed by atoms with Crippen molar-refractivity contribution in [2.45, 2.75) is 51.0 Å². The van der Waals surface area contributed by atoms with Crippen LogP contribution in [0.4, 0.5) is 0 Å². The second-order valence-corrected chi connectivity index (χ2v) is 5.82. The Morgan fingerprint density at radius 3 is 2.67 bits per heavy atom. The Hall–Kier alpha value is -0.610. The van der Waals surface area contributed by atoms with Gasteiger partial charge in [-0.2, -0.15) is 0 Å². The maximum atomic E-state index is 11.7. The summed E-state index contributed by atoms with van der Waals surface area (Å²) in [5, 5.41) is 12.4. The van der Waals surface area contributed by atoms with E-state index in [-0.39, 0.29) is 12.0 Å². The zero-order valence-corrected chi connectivity index (χ0v) is 11.2. The normalized spacial score (nSPS) is 26.4. The fourth-order valence-electron chi connectivity index (χ4n) is 3.11. The molecular weight excluding hydrogens is 228 g/mol. The molecule has 18 heavy (non-hydrogen) atoms. The molecule has 4 heteroatoms. The Kier molecular flexibility index (Phi) is 5.45. The highest BCUT2D eigenvalue weighted by Crippen LogP contribution is 2.25. The molecule has 4 nitrogen and oxygen atoms in total. The van der Waals surface area contributed by atoms with Crippen LogP contribution in [-0.4, -0.2) is 48.2 Å². The second-order valence-electron chi connectivity index (χ2n) is 5.82. The van der Waals surface area contributed by atoms with Crippen LogP contribution in [-0.2, 0) is 4.79 Å². The molecule has 1 amide bonds. The molecule has 2 aliphatic rings. The van der Waals surface area contributed by atoms with Gasteiger partial charge in [-0.25, -0.2) is 0 Å². The molecule has 104 valence electrons. The highest BCUT2D eigenvalue weighted by molar-refractivity contribution is 5.78. The summed E-state index contributed by atoms with van der Waals surface area (Å²) in [6, 6.07) is 0. The summed E-state index contributed by atoms with van der Waals surface area (Å²) in [5.41, 5.74) is 0. The van der Waals surface area contributed by atoms with Gasteiger partial charge in [0.15, 0.2) is 0 Å². The lowest BCUT2D eigenvalue weighted by molar-refractivity contribution is -0.122. The summed E-state index contributed by atoms with van der Waals surface area (Å²) in [6.07, 6.45) is 8.50. The van der Waals surface area contributed by atoms with Crippen LogP contribution in [0.15, 0.2) is 0 Å². The largest absolute Gasteiger partial charge is 0.392 e. The summed E-state index contributed by atoms with van der Waals surface area (Å²) in [5.74, 6) is 0.938. The third-order valence-electron chi connectivity index (χ3n) is 4.21. The zero-order chi connectivity index (χ0) is 12.8. The Morgan fingerprint density at radius 1 is 1.22 bits per heavy atom. The molecule has 2 rings (SSSR count). The van der Waals surface area contributed by atoms with Gasteiger partial charge in [-0.05, 0) is 18.8 Å². The number of aliphatic hydroxyl groups excluding tert-OH is 1. The molecule has 0 unspecified atom stereocenters. The minimum Gasteiger partial charge on any atom is -0.392 e. The predicted molar refractivity (Wildman–Crippen MR) is 71.3 cm³/mol. The van der Waals surface area contributed by atoms with E-state index >= 15 is 0 Å². The average molecular weight is 254 g/mol. The number of β-amino-alcohol motifs (C(OH)–C–C–N with tert-alkyl or cyclic N) is 1. The standard InChI is InChI=1S/C14H26N2O2/c17-13-7-9-16(10-13)11-14(18)15-8-6-12-4-2-1-3-5-12/h12-13,17H,1-11H2,(H,15,18)/t13-/m0/s1. The molecule has 1 heterocycles. The molecule has 1 atom stereocenters. The number of likely N-dealkylation sites (tertiary alicyclic amines) is 1. The number of carbonyl (C=O) groups is 1. The second kappa shape index (κ2) is 7.10. The highest BCUT2D eigenvalue weighted by Gasteiger charge is 2.21. The average Bonchev–Trinajstić information content (AvgIpc) is 2.76. The lowest BCUT2D eigenvalue weighted by Gasteiger charge is -2.21. The molecule has 1 aliphatic carbocycles. The fraction of sp³-hybridized carbons (Fsp3) is 0.929. The molecular formula is C14H26N2O2. The summed E-state index contributed by atoms with van der Waals surface area (Å²) in [4.78, 5) is 13.7. The third kappa shape index (κ3) is 4.58. The van der Waals surface area contributed by atoms with E-state index in [1.165, 1.54) is 32.1 Å². The minimum absolute atomic E-state index is 0.111. The maximum absolute atomic E-state index is 11.7. The van der Waals surface area contributed by atoms with Crippen molar-refractivity contribution >= 4 is 5.91 Å². The predicted octanol–water partition coefficient (Wildman–Crippen LogP) is 1.14. The van der Waals surface area contributed by atoms with E-state index in [1.807, 2.05) is 4.90 Å². The van der Waals surface area contributed by atoms with Gasteiger partial charge < -0.3 is 10.4 Å². The van der Waals surface area contributed by atoms with E-state index < -0.39 is 0 Å². The quantitative estimate of drug-likeness (QED) is 0.773. The highest BCUT2D eigenvalue weighted by atomic mass is 16.3. The van der Waals surface area contributed by atoms with Crippen LogP contribution in [0.1, 0.15) is 44.9 Å². The van der Waals surface area contributed by atoms with Crippen molar-refractivity contribution in [1.82, 2.24) is 10.2 Å². The SMILES string of the molecule is O=C(CN1CC[C@H](O)C1)NCCC1CCCCC1. The van der Waals surface area contributed by atoms with E-state index in [4.69, 9.17) is 0 Å². The molecule has 0 radical (unpaired) electrons. The smallest absolute Gasteiger partial charge is 0.234 e. The first-order chi connectivity index (χ1) is 8.74. The van der Waals surface area contributed by atoms with Crippen molar-refractivity contribution in [2.24, 2.45) is 5.92 Å². The molecule has 0 bridgehead atoms. The van der Waals surface area contributed by atoms with E-state index in [0.717, 1.165) is 31.8 Å². The number of nitrogens with zero attached hydrogens (tertiary/aromatic N) is 1. The van der Waals surface area contributed by atoms with Crippen molar-refractivity contribution in [3.05, 3.63) is 0 Å². The number of nitrogens with one attached hydrogen (secondary N) is 1. The number of rotatable bonds is 5. The van der Waals surface area contributed by atoms with Crippen LogP contribution in [0.5, 0.6) is 0 Å². The third-order valence-corrected chi connectivity index (χ3v) is 4.21. The zero-order valence-electron chi connectivity index (χ0n) is 11.2. The molecule has 1 saturated carbocycles. The Balaban J connectivity index is 1.54. The summed E-state index contributed by atoms with van der Waals surface area (Å²) >= 11 is 0. The summed E-state index contributed by atoms with van der Waals surface area (Å²) in [6.45, 7) is 2.76. The summed E-state index contributed by atoms with van der Waals surface area (Å²) in [7, 11) is 0. The van der Waals surface area contributed by atoms with E-state index in [0.29, 0.717) is 13.1 Å². The Morgan fingerprint density at radius 2 is 2.00 bits per heavy atom. The molecule has 1 aliphatic heterocycles. The van der Waals surface area contributed by atoms with Crippen LogP contribution in [0.25, 0.3) is 0 Å². The van der Waals surface area contributed by atoms with Crippen molar-refractivity contribution in [1.29, 1.82) is 0 Å². The van der Waals surface area contributed by atoms with Gasteiger partial charge in [0.25, 0.3) is 0 Å². The maximum Gasteiger partial charge on any atom is 0.234 e. The van der Waals surface area contributed by atoms with Gasteiger partial charge in [0.05, 0.1) is 12.6 Å². The van der Waals surface area contributed by atoms with Gasteiger partial charge >= 0.3 is 0 Å². The number of hydrogen-bond donors (Lipinski definition) is 2. The molecule has 0 aromatic carbocycles. The first kappa shape index (κ1) is 13.8. The van der Waals surface area contributed by atoms with Gasteiger partial charge in [-0.15, -0.1) is 0 Å². The van der Waals surface area contributed by atoms with Gasteiger partial charge in [0.1, 0.15) is 0 Å². The van der Waals surface area contributed by atoms with E-state index in [1.54, 1.807) is 0 Å². The lowest BCUT2D eigenvalue weighted by Crippen LogP contribution is -2.37. The Labute approximate surface area is 110 Å². The molecule has 0 spiro atoms. The van der Waals surface area contributed by atoms with Crippen LogP contribution in [0, 0.1) is 5.92 Å². The van der Waals surface area contributed by atoms with Gasteiger partial charge in [0.2, 0.25) is 5.91 Å². The molecule has 1 saturated heterocycles. The number of hydrogen-bond acceptors (Lipinski definition) is 3. The van der Waals surface area contributed by atoms with E-state index in [9.17, 15) is 9.90 Å². The number of carbonyl (C=O) groups excluding carboxylic acids is 1. The molecule has 0 aromatic heterocycles. The van der Waals surface area contributed by atoms with Crippen LogP contribution < -0.4 is 5.32 Å². The van der Waals surface area contributed by atoms with Crippen molar-refractivity contribution in [2.75, 3.05) is 26.2 Å². The molecule has 2 N–H and O–H groups in total. The molecule has 2 fully saturated rings. The number of amides is 1. The fourth-order valence-corrected chi connectivity index (χ4v) is 3.11. The summed E-state index contributed by atoms with van der Waals surface area (Å²) < 4.78 is 0. The van der Waals surface area contributed by atoms with Gasteiger partial charge in [-0.1, -0.05) is 32.1 Å². The van der Waals surface area contributed by atoms with Crippen molar-refractivity contribution in [3.8, 4) is 0 Å². The topological polar surface area (TPSA) is 52.6 Å². The minimum atomic E-state index is -0.236. The monoisotopic (exact) mass is 254 g/mol. The van der Waals surface area contributed by atoms with Crippen LogP contribution >= 0.6 is 0 Å². The molecule has 0 aromatic rings. The van der Waals surface area contributed by atoms with Crippen molar-refractivity contribution < 1.29 is 9.90 Å². The van der Waals surface area contributed by atoms with E-state index in [2.05, 4.69) is 5.32 Å². The lowest BCUT2D eigenvalue weighted by atomic mass is 9.87. The van der Waals surface area contributed by atoms with Gasteiger partial charge in [-0.3, -0.25) is 9.69 Å². The van der Waals surface area contributed by atoms with Crippen LogP contribution in [0.3, 0.4) is 0 Å².